The van der Waals surface area contributed by atoms with Crippen LogP contribution in [0.25, 0.3) is 10.6 Å². The van der Waals surface area contributed by atoms with Gasteiger partial charge < -0.3 is 9.64 Å². The smallest absolute Gasteiger partial charge is 0.208 e. The van der Waals surface area contributed by atoms with Gasteiger partial charge in [-0.2, -0.15) is 0 Å². The Kier molecular flexibility index (Phi) is 4.08. The van der Waals surface area contributed by atoms with Crippen molar-refractivity contribution in [1.29, 1.82) is 0 Å². The Morgan fingerprint density at radius 1 is 1.05 bits per heavy atom. The van der Waals surface area contributed by atoms with E-state index in [4.69, 9.17) is 4.74 Å². The van der Waals surface area contributed by atoms with Crippen molar-refractivity contribution in [2.24, 2.45) is 5.92 Å². The molecule has 0 radical (unpaired) electrons. The molecule has 1 atom stereocenters. The third kappa shape index (κ3) is 2.88. The zero-order chi connectivity index (χ0) is 14.8. The van der Waals surface area contributed by atoms with Gasteiger partial charge in [0.2, 0.25) is 5.13 Å². The first-order chi connectivity index (χ1) is 10.9. The number of ether oxygens (including phenoxy) is 1. The lowest BCUT2D eigenvalue weighted by Gasteiger charge is -2.33. The van der Waals surface area contributed by atoms with Crippen LogP contribution in [0.1, 0.15) is 25.7 Å². The van der Waals surface area contributed by atoms with E-state index in [1.807, 2.05) is 18.2 Å². The van der Waals surface area contributed by atoms with Crippen LogP contribution in [-0.2, 0) is 4.74 Å². The van der Waals surface area contributed by atoms with E-state index in [1.54, 1.807) is 11.3 Å². The summed E-state index contributed by atoms with van der Waals surface area (Å²) in [5, 5.41) is 10.8. The molecule has 116 valence electrons. The maximum atomic E-state index is 5.85. The number of rotatable bonds is 3. The van der Waals surface area contributed by atoms with Gasteiger partial charge in [-0.3, -0.25) is 0 Å². The molecule has 1 aromatic carbocycles. The van der Waals surface area contributed by atoms with Crippen molar-refractivity contribution < 1.29 is 4.74 Å². The average Bonchev–Trinajstić information content (AvgIpc) is 3.28. The van der Waals surface area contributed by atoms with E-state index in [0.29, 0.717) is 6.10 Å². The molecule has 2 fully saturated rings. The van der Waals surface area contributed by atoms with Gasteiger partial charge in [0.15, 0.2) is 0 Å². The topological polar surface area (TPSA) is 38.2 Å². The highest BCUT2D eigenvalue weighted by Gasteiger charge is 2.30. The molecule has 5 heteroatoms. The van der Waals surface area contributed by atoms with Crippen LogP contribution in [-0.4, -0.2) is 36.0 Å². The number of hydrogen-bond donors (Lipinski definition) is 0. The minimum atomic E-state index is 0.511. The summed E-state index contributed by atoms with van der Waals surface area (Å²) in [6, 6.07) is 10.3. The van der Waals surface area contributed by atoms with Crippen LogP contribution in [0, 0.1) is 5.92 Å². The van der Waals surface area contributed by atoms with E-state index in [0.717, 1.165) is 41.3 Å². The van der Waals surface area contributed by atoms with Gasteiger partial charge in [-0.25, -0.2) is 0 Å². The summed E-state index contributed by atoms with van der Waals surface area (Å²) < 4.78 is 5.85. The van der Waals surface area contributed by atoms with Gasteiger partial charge in [0, 0.05) is 25.3 Å². The van der Waals surface area contributed by atoms with Crippen LogP contribution in [0.5, 0.6) is 0 Å². The van der Waals surface area contributed by atoms with E-state index in [9.17, 15) is 0 Å². The second-order valence-corrected chi connectivity index (χ2v) is 7.09. The molecule has 2 aliphatic heterocycles. The van der Waals surface area contributed by atoms with Gasteiger partial charge in [-0.05, 0) is 31.6 Å². The molecule has 0 N–H and O–H groups in total. The molecule has 0 saturated carbocycles. The van der Waals surface area contributed by atoms with E-state index >= 15 is 0 Å². The standard InChI is InChI=1S/C17H21N3OS/c1-2-5-14(6-3-1)16-18-19-17(22-16)20-10-8-13(9-11-20)15-7-4-12-21-15/h1-3,5-6,13,15H,4,7-12H2. The van der Waals surface area contributed by atoms with Crippen molar-refractivity contribution in [2.75, 3.05) is 24.6 Å². The van der Waals surface area contributed by atoms with Crippen LogP contribution >= 0.6 is 11.3 Å². The Morgan fingerprint density at radius 2 is 1.86 bits per heavy atom. The molecule has 4 nitrogen and oxygen atoms in total. The number of anilines is 1. The summed E-state index contributed by atoms with van der Waals surface area (Å²) in [4.78, 5) is 2.38. The maximum Gasteiger partial charge on any atom is 0.208 e. The predicted octanol–water partition coefficient (Wildman–Crippen LogP) is 3.60. The summed E-state index contributed by atoms with van der Waals surface area (Å²) >= 11 is 1.70. The van der Waals surface area contributed by atoms with Gasteiger partial charge in [0.25, 0.3) is 0 Å². The lowest BCUT2D eigenvalue weighted by Crippen LogP contribution is -2.37. The van der Waals surface area contributed by atoms with Crippen LogP contribution in [0.3, 0.4) is 0 Å². The fraction of sp³-hybridized carbons (Fsp3) is 0.529. The summed E-state index contributed by atoms with van der Waals surface area (Å²) in [6.07, 6.45) is 5.43. The Balaban J connectivity index is 1.40. The minimum absolute atomic E-state index is 0.511. The molecule has 1 unspecified atom stereocenters. The third-order valence-electron chi connectivity index (χ3n) is 4.74. The normalized spacial score (nSPS) is 23.1. The maximum absolute atomic E-state index is 5.85. The quantitative estimate of drug-likeness (QED) is 0.867. The van der Waals surface area contributed by atoms with Gasteiger partial charge in [-0.1, -0.05) is 41.7 Å². The Labute approximate surface area is 135 Å². The third-order valence-corrected chi connectivity index (χ3v) is 5.77. The summed E-state index contributed by atoms with van der Waals surface area (Å²) in [5.41, 5.74) is 1.15. The highest BCUT2D eigenvalue weighted by molar-refractivity contribution is 7.18. The van der Waals surface area contributed by atoms with E-state index < -0.39 is 0 Å². The lowest BCUT2D eigenvalue weighted by atomic mass is 9.90. The molecule has 0 amide bonds. The van der Waals surface area contributed by atoms with Crippen molar-refractivity contribution in [2.45, 2.75) is 31.8 Å². The summed E-state index contributed by atoms with van der Waals surface area (Å²) in [7, 11) is 0. The van der Waals surface area contributed by atoms with E-state index in [1.165, 1.54) is 25.7 Å². The van der Waals surface area contributed by atoms with Crippen molar-refractivity contribution in [3.8, 4) is 10.6 Å². The predicted molar refractivity (Wildman–Crippen MR) is 89.3 cm³/mol. The highest BCUT2D eigenvalue weighted by atomic mass is 32.1. The Hall–Kier alpha value is -1.46. The summed E-state index contributed by atoms with van der Waals surface area (Å²) in [5.74, 6) is 0.736. The molecule has 22 heavy (non-hydrogen) atoms. The molecule has 0 aliphatic carbocycles. The average molecular weight is 315 g/mol. The SMILES string of the molecule is c1ccc(-c2nnc(N3CCC(C4CCCO4)CC3)s2)cc1. The number of aromatic nitrogens is 2. The monoisotopic (exact) mass is 315 g/mol. The molecular weight excluding hydrogens is 294 g/mol. The number of benzene rings is 1. The molecular formula is C17H21N3OS. The molecule has 2 saturated heterocycles. The molecule has 4 rings (SSSR count). The van der Waals surface area contributed by atoms with Crippen LogP contribution in [0.4, 0.5) is 5.13 Å². The van der Waals surface area contributed by atoms with Crippen LogP contribution in [0.15, 0.2) is 30.3 Å². The molecule has 1 aromatic heterocycles. The molecule has 0 spiro atoms. The zero-order valence-corrected chi connectivity index (χ0v) is 13.5. The first-order valence-electron chi connectivity index (χ1n) is 8.15. The largest absolute Gasteiger partial charge is 0.378 e. The number of hydrogen-bond acceptors (Lipinski definition) is 5. The molecule has 2 aliphatic rings. The van der Waals surface area contributed by atoms with Crippen LogP contribution < -0.4 is 4.90 Å². The van der Waals surface area contributed by atoms with Gasteiger partial charge in [0.05, 0.1) is 6.10 Å². The Morgan fingerprint density at radius 3 is 2.59 bits per heavy atom. The fourth-order valence-corrected chi connectivity index (χ4v) is 4.38. The second kappa shape index (κ2) is 6.34. The van der Waals surface area contributed by atoms with Crippen LogP contribution in [0.2, 0.25) is 0 Å². The zero-order valence-electron chi connectivity index (χ0n) is 12.6. The highest BCUT2D eigenvalue weighted by Crippen LogP contribution is 2.33. The van der Waals surface area contributed by atoms with Crippen molar-refractivity contribution in [3.63, 3.8) is 0 Å². The fourth-order valence-electron chi connectivity index (χ4n) is 3.48. The number of piperidine rings is 1. The first-order valence-corrected chi connectivity index (χ1v) is 8.97. The van der Waals surface area contributed by atoms with Gasteiger partial charge in [-0.15, -0.1) is 10.2 Å². The van der Waals surface area contributed by atoms with Gasteiger partial charge >= 0.3 is 0 Å². The molecule has 3 heterocycles. The number of nitrogens with zero attached hydrogens (tertiary/aromatic N) is 3. The minimum Gasteiger partial charge on any atom is -0.378 e. The lowest BCUT2D eigenvalue weighted by molar-refractivity contribution is 0.0531. The summed E-state index contributed by atoms with van der Waals surface area (Å²) in [6.45, 7) is 3.11. The van der Waals surface area contributed by atoms with Crippen molar-refractivity contribution in [3.05, 3.63) is 30.3 Å². The Bertz CT molecular complexity index is 601. The van der Waals surface area contributed by atoms with Crippen molar-refractivity contribution >= 4 is 16.5 Å². The van der Waals surface area contributed by atoms with Crippen molar-refractivity contribution in [1.82, 2.24) is 10.2 Å². The second-order valence-electron chi connectivity index (χ2n) is 6.13. The molecule has 0 bridgehead atoms. The van der Waals surface area contributed by atoms with Gasteiger partial charge in [0.1, 0.15) is 5.01 Å². The van der Waals surface area contributed by atoms with E-state index in [-0.39, 0.29) is 0 Å². The van der Waals surface area contributed by atoms with E-state index in [2.05, 4.69) is 27.2 Å². The molecule has 2 aromatic rings. The first kappa shape index (κ1) is 14.2.